The predicted molar refractivity (Wildman–Crippen MR) is 89.9 cm³/mol. The lowest BCUT2D eigenvalue weighted by Gasteiger charge is -2.12. The zero-order valence-corrected chi connectivity index (χ0v) is 14.3. The summed E-state index contributed by atoms with van der Waals surface area (Å²) in [4.78, 5) is 15.0. The van der Waals surface area contributed by atoms with Crippen LogP contribution in [-0.4, -0.2) is 28.4 Å². The molecule has 0 aliphatic rings. The molecule has 0 spiro atoms. The highest BCUT2D eigenvalue weighted by Crippen LogP contribution is 2.26. The van der Waals surface area contributed by atoms with Crippen LogP contribution in [0.1, 0.15) is 18.2 Å². The minimum Gasteiger partial charge on any atom is -0.479 e. The Morgan fingerprint density at radius 3 is 2.95 bits per heavy atom. The van der Waals surface area contributed by atoms with Gasteiger partial charge in [0.15, 0.2) is 6.10 Å². The summed E-state index contributed by atoms with van der Waals surface area (Å²) in [5.41, 5.74) is 4.63. The van der Waals surface area contributed by atoms with E-state index in [1.807, 2.05) is 12.3 Å². The first-order valence-electron chi connectivity index (χ1n) is 6.36. The highest BCUT2D eigenvalue weighted by molar-refractivity contribution is 9.10. The molecule has 0 aliphatic heterocycles. The van der Waals surface area contributed by atoms with Gasteiger partial charge in [-0.15, -0.1) is 11.3 Å². The Labute approximate surface area is 140 Å². The van der Waals surface area contributed by atoms with Gasteiger partial charge in [0.25, 0.3) is 0 Å². The Morgan fingerprint density at radius 1 is 1.59 bits per heavy atom. The second kappa shape index (κ2) is 7.37. The maximum Gasteiger partial charge on any atom is 0.344 e. The van der Waals surface area contributed by atoms with Crippen LogP contribution in [0.4, 0.5) is 5.13 Å². The second-order valence-electron chi connectivity index (χ2n) is 4.45. The van der Waals surface area contributed by atoms with Crippen LogP contribution in [0.2, 0.25) is 0 Å². The van der Waals surface area contributed by atoms with Crippen LogP contribution >= 0.6 is 27.3 Å². The molecule has 0 amide bonds. The van der Waals surface area contributed by atoms with Crippen molar-refractivity contribution < 1.29 is 14.6 Å². The zero-order valence-electron chi connectivity index (χ0n) is 11.9. The summed E-state index contributed by atoms with van der Waals surface area (Å²) in [7, 11) is 0. The van der Waals surface area contributed by atoms with Gasteiger partial charge in [0.05, 0.1) is 16.4 Å². The number of halogens is 1. The summed E-state index contributed by atoms with van der Waals surface area (Å²) in [5, 5.41) is 15.6. The van der Waals surface area contributed by atoms with Crippen molar-refractivity contribution in [1.82, 2.24) is 4.98 Å². The second-order valence-corrected chi connectivity index (χ2v) is 6.16. The molecule has 8 heteroatoms. The third kappa shape index (κ3) is 4.54. The molecule has 22 heavy (non-hydrogen) atoms. The monoisotopic (exact) mass is 383 g/mol. The average molecular weight is 384 g/mol. The SMILES string of the molecule is Cc1csc(NN=Cc2ccc(OC(C)C(=O)O)c(Br)c2)n1. The van der Waals surface area contributed by atoms with Crippen molar-refractivity contribution in [3.8, 4) is 5.75 Å². The quantitative estimate of drug-likeness (QED) is 0.588. The number of rotatable bonds is 6. The molecular weight excluding hydrogens is 370 g/mol. The Bertz CT molecular complexity index is 702. The topological polar surface area (TPSA) is 83.8 Å². The molecular formula is C14H14BrN3O3S. The molecule has 6 nitrogen and oxygen atoms in total. The minimum absolute atomic E-state index is 0.468. The van der Waals surface area contributed by atoms with Gasteiger partial charge in [-0.25, -0.2) is 9.78 Å². The molecule has 1 unspecified atom stereocenters. The first kappa shape index (κ1) is 16.4. The first-order chi connectivity index (χ1) is 10.5. The number of carboxylic acid groups (broad SMARTS) is 1. The van der Waals surface area contributed by atoms with Crippen molar-refractivity contribution in [2.24, 2.45) is 5.10 Å². The number of nitrogens with one attached hydrogen (secondary N) is 1. The lowest BCUT2D eigenvalue weighted by Crippen LogP contribution is -2.23. The molecule has 1 aromatic heterocycles. The molecule has 2 rings (SSSR count). The molecule has 116 valence electrons. The van der Waals surface area contributed by atoms with Crippen LogP contribution in [0.3, 0.4) is 0 Å². The number of ether oxygens (including phenoxy) is 1. The van der Waals surface area contributed by atoms with E-state index < -0.39 is 12.1 Å². The van der Waals surface area contributed by atoms with E-state index in [2.05, 4.69) is 31.4 Å². The van der Waals surface area contributed by atoms with Gasteiger partial charge in [0.1, 0.15) is 5.75 Å². The largest absolute Gasteiger partial charge is 0.479 e. The Morgan fingerprint density at radius 2 is 2.36 bits per heavy atom. The molecule has 1 aromatic carbocycles. The van der Waals surface area contributed by atoms with Gasteiger partial charge < -0.3 is 9.84 Å². The summed E-state index contributed by atoms with van der Waals surface area (Å²) in [5.74, 6) is -0.545. The minimum atomic E-state index is -1.01. The smallest absolute Gasteiger partial charge is 0.344 e. The van der Waals surface area contributed by atoms with Gasteiger partial charge in [0.2, 0.25) is 5.13 Å². The van der Waals surface area contributed by atoms with Crippen LogP contribution in [-0.2, 0) is 4.79 Å². The summed E-state index contributed by atoms with van der Waals surface area (Å²) >= 11 is 4.83. The molecule has 2 N–H and O–H groups in total. The molecule has 1 heterocycles. The number of aryl methyl sites for hydroxylation is 1. The fraction of sp³-hybridized carbons (Fsp3) is 0.214. The van der Waals surface area contributed by atoms with E-state index in [0.29, 0.717) is 10.2 Å². The number of aliphatic carboxylic acids is 1. The fourth-order valence-electron chi connectivity index (χ4n) is 1.50. The van der Waals surface area contributed by atoms with Gasteiger partial charge in [-0.2, -0.15) is 5.10 Å². The van der Waals surface area contributed by atoms with E-state index in [4.69, 9.17) is 9.84 Å². The maximum atomic E-state index is 10.8. The van der Waals surface area contributed by atoms with Crippen molar-refractivity contribution in [3.63, 3.8) is 0 Å². The summed E-state index contributed by atoms with van der Waals surface area (Å²) in [6.45, 7) is 3.39. The van der Waals surface area contributed by atoms with Gasteiger partial charge in [-0.3, -0.25) is 5.43 Å². The lowest BCUT2D eigenvalue weighted by atomic mass is 10.2. The molecule has 0 radical (unpaired) electrons. The molecule has 0 aliphatic carbocycles. The van der Waals surface area contributed by atoms with Gasteiger partial charge in [0, 0.05) is 5.38 Å². The Kier molecular flexibility index (Phi) is 5.51. The zero-order chi connectivity index (χ0) is 16.1. The van der Waals surface area contributed by atoms with E-state index in [9.17, 15) is 4.79 Å². The number of anilines is 1. The molecule has 0 saturated heterocycles. The van der Waals surface area contributed by atoms with E-state index in [1.54, 1.807) is 24.4 Å². The Hall–Kier alpha value is -1.93. The van der Waals surface area contributed by atoms with Crippen molar-refractivity contribution >= 4 is 44.6 Å². The van der Waals surface area contributed by atoms with Crippen molar-refractivity contribution in [2.45, 2.75) is 20.0 Å². The summed E-state index contributed by atoms with van der Waals surface area (Å²) < 4.78 is 5.98. The first-order valence-corrected chi connectivity index (χ1v) is 8.03. The number of thiazole rings is 1. The fourth-order valence-corrected chi connectivity index (χ4v) is 2.63. The van der Waals surface area contributed by atoms with Crippen LogP contribution in [0, 0.1) is 6.92 Å². The lowest BCUT2D eigenvalue weighted by molar-refractivity contribution is -0.144. The summed E-state index contributed by atoms with van der Waals surface area (Å²) in [6, 6.07) is 5.27. The number of aromatic nitrogens is 1. The molecule has 2 aromatic rings. The number of carbonyl (C=O) groups is 1. The van der Waals surface area contributed by atoms with E-state index in [1.165, 1.54) is 18.3 Å². The predicted octanol–water partition coefficient (Wildman–Crippen LogP) is 3.51. The average Bonchev–Trinajstić information content (AvgIpc) is 2.87. The summed E-state index contributed by atoms with van der Waals surface area (Å²) in [6.07, 6.45) is 0.733. The Balaban J connectivity index is 2.01. The standard InChI is InChI=1S/C14H14BrN3O3S/c1-8-7-22-14(17-8)18-16-6-10-3-4-12(11(15)5-10)21-9(2)13(19)20/h3-7,9H,1-2H3,(H,17,18)(H,19,20). The maximum absolute atomic E-state index is 10.8. The van der Waals surface area contributed by atoms with Crippen LogP contribution in [0.25, 0.3) is 0 Å². The molecule has 0 fully saturated rings. The number of hydrazone groups is 1. The number of carboxylic acids is 1. The van der Waals surface area contributed by atoms with Gasteiger partial charge in [-0.1, -0.05) is 0 Å². The number of benzene rings is 1. The molecule has 1 atom stereocenters. The van der Waals surface area contributed by atoms with Gasteiger partial charge in [-0.05, 0) is 53.5 Å². The number of hydrogen-bond acceptors (Lipinski definition) is 6. The van der Waals surface area contributed by atoms with E-state index in [-0.39, 0.29) is 0 Å². The normalized spacial score (nSPS) is 12.3. The third-order valence-corrected chi connectivity index (χ3v) is 4.08. The van der Waals surface area contributed by atoms with E-state index in [0.717, 1.165) is 16.4 Å². The molecule has 0 bridgehead atoms. The van der Waals surface area contributed by atoms with Crippen molar-refractivity contribution in [2.75, 3.05) is 5.43 Å². The van der Waals surface area contributed by atoms with Crippen molar-refractivity contribution in [3.05, 3.63) is 39.3 Å². The van der Waals surface area contributed by atoms with Crippen LogP contribution in [0.5, 0.6) is 5.75 Å². The highest BCUT2D eigenvalue weighted by Gasteiger charge is 2.14. The molecule has 0 saturated carbocycles. The van der Waals surface area contributed by atoms with Gasteiger partial charge >= 0.3 is 5.97 Å². The number of hydrogen-bond donors (Lipinski definition) is 2. The highest BCUT2D eigenvalue weighted by atomic mass is 79.9. The van der Waals surface area contributed by atoms with E-state index >= 15 is 0 Å². The number of nitrogens with zero attached hydrogens (tertiary/aromatic N) is 2. The van der Waals surface area contributed by atoms with Crippen LogP contribution in [0.15, 0.2) is 33.2 Å². The van der Waals surface area contributed by atoms with Crippen LogP contribution < -0.4 is 10.2 Å². The third-order valence-electron chi connectivity index (χ3n) is 2.60. The van der Waals surface area contributed by atoms with Crippen molar-refractivity contribution in [1.29, 1.82) is 0 Å².